The fraction of sp³-hybridized carbons (Fsp3) is 0.211. The van der Waals surface area contributed by atoms with Crippen molar-refractivity contribution in [3.8, 4) is 11.6 Å². The number of rotatable bonds is 5. The molecule has 0 unspecified atom stereocenters. The number of nitrogens with zero attached hydrogens (tertiary/aromatic N) is 3. The van der Waals surface area contributed by atoms with Gasteiger partial charge in [-0.25, -0.2) is 4.79 Å². The number of fused-ring (bicyclic) bond motifs is 1. The molecular formula is C19H17N3O3S. The average molecular weight is 367 g/mol. The summed E-state index contributed by atoms with van der Waals surface area (Å²) in [6.45, 7) is 2.07. The molecule has 3 aromatic heterocycles. The third-order valence-electron chi connectivity index (χ3n) is 4.24. The Hall–Kier alpha value is -2.80. The molecular weight excluding hydrogens is 350 g/mol. The van der Waals surface area contributed by atoms with Crippen LogP contribution in [0.2, 0.25) is 0 Å². The summed E-state index contributed by atoms with van der Waals surface area (Å²) in [4.78, 5) is 11.9. The van der Waals surface area contributed by atoms with E-state index in [0.717, 1.165) is 28.1 Å². The highest BCUT2D eigenvalue weighted by molar-refractivity contribution is 7.98. The molecule has 0 N–H and O–H groups in total. The van der Waals surface area contributed by atoms with Crippen LogP contribution in [0.1, 0.15) is 18.1 Å². The van der Waals surface area contributed by atoms with Gasteiger partial charge in [-0.1, -0.05) is 30.8 Å². The maximum absolute atomic E-state index is 11.9. The molecule has 3 heterocycles. The summed E-state index contributed by atoms with van der Waals surface area (Å²) in [6, 6.07) is 11.2. The Labute approximate surface area is 153 Å². The van der Waals surface area contributed by atoms with Crippen LogP contribution in [0.25, 0.3) is 22.6 Å². The molecule has 0 saturated carbocycles. The van der Waals surface area contributed by atoms with Crippen molar-refractivity contribution in [3.05, 3.63) is 64.2 Å². The van der Waals surface area contributed by atoms with Crippen molar-refractivity contribution in [2.75, 3.05) is 0 Å². The van der Waals surface area contributed by atoms with Crippen LogP contribution in [0.15, 0.2) is 61.4 Å². The van der Waals surface area contributed by atoms with Gasteiger partial charge in [0.2, 0.25) is 0 Å². The Morgan fingerprint density at radius 1 is 1.19 bits per heavy atom. The zero-order chi connectivity index (χ0) is 18.1. The molecule has 4 rings (SSSR count). The van der Waals surface area contributed by atoms with E-state index in [1.807, 2.05) is 35.9 Å². The van der Waals surface area contributed by atoms with Gasteiger partial charge in [0, 0.05) is 24.3 Å². The van der Waals surface area contributed by atoms with Crippen LogP contribution in [-0.2, 0) is 19.2 Å². The topological polar surface area (TPSA) is 74.1 Å². The first-order valence-electron chi connectivity index (χ1n) is 8.27. The Kier molecular flexibility index (Phi) is 4.38. The van der Waals surface area contributed by atoms with E-state index in [4.69, 9.17) is 8.83 Å². The van der Waals surface area contributed by atoms with Gasteiger partial charge >= 0.3 is 5.63 Å². The fourth-order valence-corrected chi connectivity index (χ4v) is 3.72. The molecule has 0 atom stereocenters. The Balaban J connectivity index is 1.63. The summed E-state index contributed by atoms with van der Waals surface area (Å²) in [7, 11) is 1.89. The number of hydrogen-bond donors (Lipinski definition) is 0. The van der Waals surface area contributed by atoms with E-state index >= 15 is 0 Å². The van der Waals surface area contributed by atoms with Crippen molar-refractivity contribution in [3.63, 3.8) is 0 Å². The van der Waals surface area contributed by atoms with Gasteiger partial charge in [-0.3, -0.25) is 0 Å². The third-order valence-corrected chi connectivity index (χ3v) is 5.31. The second kappa shape index (κ2) is 6.84. The zero-order valence-corrected chi connectivity index (χ0v) is 15.2. The number of furan rings is 1. The molecule has 0 amide bonds. The van der Waals surface area contributed by atoms with Crippen LogP contribution in [0.4, 0.5) is 0 Å². The average Bonchev–Trinajstić information content (AvgIpc) is 3.28. The molecule has 4 aromatic rings. The molecule has 26 heavy (non-hydrogen) atoms. The molecule has 132 valence electrons. The molecule has 6 nitrogen and oxygen atoms in total. The van der Waals surface area contributed by atoms with Gasteiger partial charge in [0.25, 0.3) is 0 Å². The highest BCUT2D eigenvalue weighted by atomic mass is 32.2. The van der Waals surface area contributed by atoms with E-state index in [0.29, 0.717) is 22.9 Å². The molecule has 1 aromatic carbocycles. The van der Waals surface area contributed by atoms with E-state index in [1.165, 1.54) is 11.8 Å². The monoisotopic (exact) mass is 367 g/mol. The fourth-order valence-electron chi connectivity index (χ4n) is 2.82. The van der Waals surface area contributed by atoms with Gasteiger partial charge in [-0.2, -0.15) is 0 Å². The maximum atomic E-state index is 11.9. The molecule has 0 radical (unpaired) electrons. The first-order chi connectivity index (χ1) is 12.7. The molecule has 0 aliphatic heterocycles. The Morgan fingerprint density at radius 2 is 2.08 bits per heavy atom. The van der Waals surface area contributed by atoms with Crippen LogP contribution in [0.5, 0.6) is 0 Å². The number of benzene rings is 1. The molecule has 0 aliphatic rings. The van der Waals surface area contributed by atoms with Gasteiger partial charge in [-0.15, -0.1) is 10.2 Å². The van der Waals surface area contributed by atoms with Crippen molar-refractivity contribution in [2.24, 2.45) is 7.05 Å². The minimum atomic E-state index is -0.337. The quantitative estimate of drug-likeness (QED) is 0.391. The third kappa shape index (κ3) is 3.06. The van der Waals surface area contributed by atoms with Gasteiger partial charge in [0.15, 0.2) is 16.7 Å². The standard InChI is InChI=1S/C19H17N3O3S/c1-3-12-6-7-14-13(10-17(23)25-16(14)9-12)11-26-19-21-20-18(22(19)2)15-5-4-8-24-15/h4-10H,3,11H2,1-2H3. The normalized spacial score (nSPS) is 11.3. The largest absolute Gasteiger partial charge is 0.461 e. The summed E-state index contributed by atoms with van der Waals surface area (Å²) >= 11 is 1.52. The molecule has 0 fully saturated rings. The molecule has 0 bridgehead atoms. The number of thioether (sulfide) groups is 1. The Morgan fingerprint density at radius 3 is 2.85 bits per heavy atom. The predicted octanol–water partition coefficient (Wildman–Crippen LogP) is 4.04. The SMILES string of the molecule is CCc1ccc2c(CSc3nnc(-c4ccco4)n3C)cc(=O)oc2c1. The summed E-state index contributed by atoms with van der Waals surface area (Å²) in [6.07, 6.45) is 2.50. The lowest BCUT2D eigenvalue weighted by molar-refractivity contribution is 0.559. The number of aryl methyl sites for hydroxylation is 1. The summed E-state index contributed by atoms with van der Waals surface area (Å²) in [5.74, 6) is 1.94. The molecule has 0 aliphatic carbocycles. The summed E-state index contributed by atoms with van der Waals surface area (Å²) in [5.41, 5.74) is 2.35. The van der Waals surface area contributed by atoms with E-state index < -0.39 is 0 Å². The smallest absolute Gasteiger partial charge is 0.336 e. The van der Waals surface area contributed by atoms with E-state index in [2.05, 4.69) is 23.2 Å². The van der Waals surface area contributed by atoms with Crippen LogP contribution >= 0.6 is 11.8 Å². The summed E-state index contributed by atoms with van der Waals surface area (Å²) in [5, 5.41) is 10.1. The lowest BCUT2D eigenvalue weighted by Crippen LogP contribution is -2.01. The van der Waals surface area contributed by atoms with Crippen molar-refractivity contribution in [1.29, 1.82) is 0 Å². The van der Waals surface area contributed by atoms with Crippen molar-refractivity contribution < 1.29 is 8.83 Å². The minimum Gasteiger partial charge on any atom is -0.461 e. The highest BCUT2D eigenvalue weighted by Gasteiger charge is 2.14. The van der Waals surface area contributed by atoms with Crippen molar-refractivity contribution in [2.45, 2.75) is 24.3 Å². The highest BCUT2D eigenvalue weighted by Crippen LogP contribution is 2.28. The molecule has 0 saturated heterocycles. The van der Waals surface area contributed by atoms with Crippen LogP contribution in [0.3, 0.4) is 0 Å². The number of aromatic nitrogens is 3. The van der Waals surface area contributed by atoms with Gasteiger partial charge in [-0.05, 0) is 35.7 Å². The second-order valence-electron chi connectivity index (χ2n) is 5.91. The summed E-state index contributed by atoms with van der Waals surface area (Å²) < 4.78 is 12.6. The lowest BCUT2D eigenvalue weighted by Gasteiger charge is -2.06. The van der Waals surface area contributed by atoms with Gasteiger partial charge in [0.05, 0.1) is 6.26 Å². The van der Waals surface area contributed by atoms with Crippen LogP contribution < -0.4 is 5.63 Å². The second-order valence-corrected chi connectivity index (χ2v) is 6.85. The first kappa shape index (κ1) is 16.7. The molecule has 7 heteroatoms. The van der Waals surface area contributed by atoms with Gasteiger partial charge < -0.3 is 13.4 Å². The van der Waals surface area contributed by atoms with Crippen LogP contribution in [-0.4, -0.2) is 14.8 Å². The lowest BCUT2D eigenvalue weighted by atomic mass is 10.1. The van der Waals surface area contributed by atoms with Crippen molar-refractivity contribution >= 4 is 22.7 Å². The van der Waals surface area contributed by atoms with Crippen LogP contribution in [0, 0.1) is 0 Å². The minimum absolute atomic E-state index is 0.337. The first-order valence-corrected chi connectivity index (χ1v) is 9.26. The maximum Gasteiger partial charge on any atom is 0.336 e. The predicted molar refractivity (Wildman–Crippen MR) is 100 cm³/mol. The van der Waals surface area contributed by atoms with Gasteiger partial charge in [0.1, 0.15) is 5.58 Å². The molecule has 0 spiro atoms. The van der Waals surface area contributed by atoms with Crippen molar-refractivity contribution in [1.82, 2.24) is 14.8 Å². The van der Waals surface area contributed by atoms with E-state index in [9.17, 15) is 4.79 Å². The van der Waals surface area contributed by atoms with E-state index in [-0.39, 0.29) is 5.63 Å². The van der Waals surface area contributed by atoms with E-state index in [1.54, 1.807) is 12.3 Å². The zero-order valence-electron chi connectivity index (χ0n) is 14.4. The number of hydrogen-bond acceptors (Lipinski definition) is 6. The Bertz CT molecular complexity index is 1110.